The van der Waals surface area contributed by atoms with Crippen LogP contribution in [0.25, 0.3) is 0 Å². The number of carboxylic acid groups (broad SMARTS) is 1. The molecule has 10 nitrogen and oxygen atoms in total. The number of methoxy groups -OCH3 is 1. The first-order chi connectivity index (χ1) is 17.4. The van der Waals surface area contributed by atoms with E-state index in [1.54, 1.807) is 35.9 Å². The van der Waals surface area contributed by atoms with Crippen LogP contribution in [0.1, 0.15) is 45.1 Å². The standard InChI is InChI=1S/C26H39ClN4O6/c1-5-19(13-22(32)33)24(35)31-12-6-11-26(16-31,14-18-7-9-20(27)10-8-18)30(3)25(36)21(15-37-4)29-23(34)17(2)28/h7-10,17,19,21H,5-6,11-16,28H2,1-4H3,(H,29,34)(H,32,33)/t17-,19+,21-,26+/m0/s1. The monoisotopic (exact) mass is 538 g/mol. The van der Waals surface area contributed by atoms with Crippen LogP contribution in [0.5, 0.6) is 0 Å². The van der Waals surface area contributed by atoms with E-state index < -0.39 is 35.4 Å². The Hall–Kier alpha value is -2.69. The molecule has 1 aromatic carbocycles. The highest BCUT2D eigenvalue weighted by Gasteiger charge is 2.45. The van der Waals surface area contributed by atoms with Crippen LogP contribution in [0.4, 0.5) is 0 Å². The van der Waals surface area contributed by atoms with Crippen molar-refractivity contribution in [2.24, 2.45) is 11.7 Å². The maximum Gasteiger partial charge on any atom is 0.304 e. The van der Waals surface area contributed by atoms with Crippen molar-refractivity contribution < 1.29 is 29.0 Å². The van der Waals surface area contributed by atoms with Crippen LogP contribution in [0.2, 0.25) is 5.02 Å². The number of hydrogen-bond acceptors (Lipinski definition) is 6. The molecule has 0 radical (unpaired) electrons. The highest BCUT2D eigenvalue weighted by molar-refractivity contribution is 6.30. The fraction of sp³-hybridized carbons (Fsp3) is 0.615. The predicted molar refractivity (Wildman–Crippen MR) is 140 cm³/mol. The summed E-state index contributed by atoms with van der Waals surface area (Å²) in [5.74, 6) is -2.74. The lowest BCUT2D eigenvalue weighted by Crippen LogP contribution is -2.65. The molecule has 0 aromatic heterocycles. The Morgan fingerprint density at radius 2 is 1.92 bits per heavy atom. The number of nitrogens with one attached hydrogen (secondary N) is 1. The highest BCUT2D eigenvalue weighted by atomic mass is 35.5. The second-order valence-electron chi connectivity index (χ2n) is 9.80. The molecule has 0 spiro atoms. The lowest BCUT2D eigenvalue weighted by Gasteiger charge is -2.49. The van der Waals surface area contributed by atoms with Gasteiger partial charge < -0.3 is 30.7 Å². The zero-order valence-corrected chi connectivity index (χ0v) is 22.8. The summed E-state index contributed by atoms with van der Waals surface area (Å²) in [4.78, 5) is 54.0. The molecule has 0 unspecified atom stereocenters. The van der Waals surface area contributed by atoms with Gasteiger partial charge in [-0.3, -0.25) is 19.2 Å². The normalized spacial score (nSPS) is 20.0. The second-order valence-corrected chi connectivity index (χ2v) is 10.2. The van der Waals surface area contributed by atoms with Gasteiger partial charge in [0.2, 0.25) is 17.7 Å². The molecule has 1 aromatic rings. The lowest BCUT2D eigenvalue weighted by molar-refractivity contribution is -0.151. The molecule has 1 saturated heterocycles. The number of carbonyl (C=O) groups is 4. The summed E-state index contributed by atoms with van der Waals surface area (Å²) in [6.07, 6.45) is 1.83. The molecule has 1 fully saturated rings. The van der Waals surface area contributed by atoms with E-state index in [1.807, 2.05) is 12.1 Å². The largest absolute Gasteiger partial charge is 0.481 e. The van der Waals surface area contributed by atoms with Gasteiger partial charge in [0.05, 0.1) is 24.6 Å². The Balaban J connectivity index is 2.42. The molecule has 4 atom stereocenters. The number of nitrogens with zero attached hydrogens (tertiary/aromatic N) is 2. The summed E-state index contributed by atoms with van der Waals surface area (Å²) in [6, 6.07) is 5.55. The van der Waals surface area contributed by atoms with Crippen molar-refractivity contribution in [1.82, 2.24) is 15.1 Å². The van der Waals surface area contributed by atoms with Gasteiger partial charge in [-0.2, -0.15) is 0 Å². The van der Waals surface area contributed by atoms with Gasteiger partial charge in [-0.25, -0.2) is 0 Å². The molecular formula is C26H39ClN4O6. The molecule has 0 saturated carbocycles. The van der Waals surface area contributed by atoms with Crippen LogP contribution in [0, 0.1) is 5.92 Å². The number of aliphatic carboxylic acids is 1. The van der Waals surface area contributed by atoms with Crippen molar-refractivity contribution >= 4 is 35.3 Å². The summed E-state index contributed by atoms with van der Waals surface area (Å²) in [5.41, 5.74) is 5.82. The van der Waals surface area contributed by atoms with E-state index in [-0.39, 0.29) is 31.4 Å². The van der Waals surface area contributed by atoms with Gasteiger partial charge in [0.1, 0.15) is 6.04 Å². The Kier molecular flexibility index (Phi) is 11.3. The van der Waals surface area contributed by atoms with Crippen molar-refractivity contribution in [3.05, 3.63) is 34.9 Å². The average Bonchev–Trinajstić information content (AvgIpc) is 2.86. The van der Waals surface area contributed by atoms with Crippen LogP contribution in [-0.2, 0) is 30.3 Å². The number of rotatable bonds is 12. The Morgan fingerprint density at radius 1 is 1.27 bits per heavy atom. The van der Waals surface area contributed by atoms with Gasteiger partial charge >= 0.3 is 5.97 Å². The van der Waals surface area contributed by atoms with E-state index >= 15 is 0 Å². The summed E-state index contributed by atoms with van der Waals surface area (Å²) in [5, 5.41) is 12.5. The summed E-state index contributed by atoms with van der Waals surface area (Å²) in [7, 11) is 3.11. The van der Waals surface area contributed by atoms with Crippen molar-refractivity contribution in [2.75, 3.05) is 33.9 Å². The Labute approximate surface area is 223 Å². The number of hydrogen-bond donors (Lipinski definition) is 3. The minimum atomic E-state index is -1.02. The quantitative estimate of drug-likeness (QED) is 0.367. The Bertz CT molecular complexity index is 957. The third-order valence-electron chi connectivity index (χ3n) is 6.98. The summed E-state index contributed by atoms with van der Waals surface area (Å²) in [6.45, 7) is 3.98. The van der Waals surface area contributed by atoms with E-state index in [2.05, 4.69) is 5.32 Å². The SMILES string of the molecule is CC[C@H](CC(=O)O)C(=O)N1CCC[C@](Cc2ccc(Cl)cc2)(N(C)C(=O)[C@H](COC)NC(=O)[C@H](C)N)C1. The number of carbonyl (C=O) groups excluding carboxylic acids is 3. The maximum atomic E-state index is 13.7. The molecule has 4 N–H and O–H groups in total. The molecule has 1 aliphatic heterocycles. The molecule has 3 amide bonds. The van der Waals surface area contributed by atoms with Crippen molar-refractivity contribution in [3.8, 4) is 0 Å². The first-order valence-corrected chi connectivity index (χ1v) is 12.9. The first kappa shape index (κ1) is 30.5. The number of likely N-dealkylation sites (tertiary alicyclic amines) is 1. The van der Waals surface area contributed by atoms with Crippen molar-refractivity contribution in [2.45, 2.75) is 63.6 Å². The number of halogens is 1. The molecular weight excluding hydrogens is 500 g/mol. The fourth-order valence-electron chi connectivity index (χ4n) is 4.81. The van der Waals surface area contributed by atoms with Crippen LogP contribution in [0.15, 0.2) is 24.3 Å². The van der Waals surface area contributed by atoms with E-state index in [4.69, 9.17) is 22.1 Å². The van der Waals surface area contributed by atoms with Crippen LogP contribution < -0.4 is 11.1 Å². The maximum absolute atomic E-state index is 13.7. The minimum absolute atomic E-state index is 0.0438. The number of ether oxygens (including phenoxy) is 1. The zero-order valence-electron chi connectivity index (χ0n) is 22.0. The van der Waals surface area contributed by atoms with Crippen LogP contribution in [-0.4, -0.2) is 90.1 Å². The summed E-state index contributed by atoms with van der Waals surface area (Å²) < 4.78 is 5.21. The Morgan fingerprint density at radius 3 is 2.46 bits per heavy atom. The molecule has 2 rings (SSSR count). The number of piperidine rings is 1. The summed E-state index contributed by atoms with van der Waals surface area (Å²) >= 11 is 6.08. The van der Waals surface area contributed by atoms with Gasteiger partial charge in [-0.1, -0.05) is 30.7 Å². The van der Waals surface area contributed by atoms with E-state index in [0.717, 1.165) is 5.56 Å². The smallest absolute Gasteiger partial charge is 0.304 e. The van der Waals surface area contributed by atoms with E-state index in [0.29, 0.717) is 37.3 Å². The molecule has 1 heterocycles. The predicted octanol–water partition coefficient (Wildman–Crippen LogP) is 1.68. The van der Waals surface area contributed by atoms with E-state index in [1.165, 1.54) is 14.0 Å². The third kappa shape index (κ3) is 8.15. The first-order valence-electron chi connectivity index (χ1n) is 12.5. The molecule has 1 aliphatic rings. The van der Waals surface area contributed by atoms with E-state index in [9.17, 15) is 24.3 Å². The van der Waals surface area contributed by atoms with Crippen molar-refractivity contribution in [1.29, 1.82) is 0 Å². The highest BCUT2D eigenvalue weighted by Crippen LogP contribution is 2.33. The average molecular weight is 539 g/mol. The number of nitrogens with two attached hydrogens (primary N) is 1. The zero-order chi connectivity index (χ0) is 27.8. The van der Waals surface area contributed by atoms with Gasteiger partial charge in [-0.05, 0) is 50.3 Å². The van der Waals surface area contributed by atoms with Gasteiger partial charge in [-0.15, -0.1) is 0 Å². The second kappa shape index (κ2) is 13.7. The van der Waals surface area contributed by atoms with Gasteiger partial charge in [0.25, 0.3) is 0 Å². The van der Waals surface area contributed by atoms with Gasteiger partial charge in [0.15, 0.2) is 0 Å². The molecule has 11 heteroatoms. The minimum Gasteiger partial charge on any atom is -0.481 e. The molecule has 37 heavy (non-hydrogen) atoms. The number of amides is 3. The number of benzene rings is 1. The molecule has 0 bridgehead atoms. The fourth-order valence-corrected chi connectivity index (χ4v) is 4.93. The number of carboxylic acids is 1. The topological polar surface area (TPSA) is 142 Å². The molecule has 0 aliphatic carbocycles. The van der Waals surface area contributed by atoms with Crippen LogP contribution in [0.3, 0.4) is 0 Å². The lowest BCUT2D eigenvalue weighted by atomic mass is 9.80. The number of likely N-dealkylation sites (N-methyl/N-ethyl adjacent to an activating group) is 1. The van der Waals surface area contributed by atoms with Gasteiger partial charge in [0, 0.05) is 38.2 Å². The van der Waals surface area contributed by atoms with Crippen molar-refractivity contribution in [3.63, 3.8) is 0 Å². The third-order valence-corrected chi connectivity index (χ3v) is 7.23. The van der Waals surface area contributed by atoms with Crippen LogP contribution >= 0.6 is 11.6 Å². The molecule has 206 valence electrons.